The summed E-state index contributed by atoms with van der Waals surface area (Å²) in [7, 11) is 0. The summed E-state index contributed by atoms with van der Waals surface area (Å²) in [6.45, 7) is 0. The van der Waals surface area contributed by atoms with E-state index in [1.165, 1.54) is 5.56 Å². The van der Waals surface area contributed by atoms with Gasteiger partial charge in [-0.3, -0.25) is 4.57 Å². The minimum Gasteiger partial charge on any atom is -0.312 e. The van der Waals surface area contributed by atoms with Crippen molar-refractivity contribution in [3.05, 3.63) is 88.6 Å². The molecule has 0 atom stereocenters. The molecule has 0 spiro atoms. The Labute approximate surface area is 111 Å². The average molecular weight is 250 g/mol. The Morgan fingerprint density at radius 1 is 0.947 bits per heavy atom. The number of nitrogens with one attached hydrogen (secondary N) is 1. The molecule has 0 saturated heterocycles. The number of aromatic nitrogens is 2. The molecular formula is C16H14N2O. The minimum atomic E-state index is -0.111. The number of imidazole rings is 1. The van der Waals surface area contributed by atoms with E-state index in [1.807, 2.05) is 36.4 Å². The van der Waals surface area contributed by atoms with Crippen LogP contribution in [-0.2, 0) is 6.42 Å². The predicted octanol–water partition coefficient (Wildman–Crippen LogP) is 2.76. The molecule has 0 bridgehead atoms. The molecule has 2 aromatic carbocycles. The summed E-state index contributed by atoms with van der Waals surface area (Å²) < 4.78 is 1.64. The van der Waals surface area contributed by atoms with E-state index in [9.17, 15) is 4.79 Å². The lowest BCUT2D eigenvalue weighted by Gasteiger charge is -2.09. The fourth-order valence-corrected chi connectivity index (χ4v) is 2.22. The zero-order valence-corrected chi connectivity index (χ0v) is 10.4. The van der Waals surface area contributed by atoms with Crippen LogP contribution in [0.3, 0.4) is 0 Å². The van der Waals surface area contributed by atoms with Crippen molar-refractivity contribution in [2.45, 2.75) is 6.42 Å². The van der Waals surface area contributed by atoms with Crippen LogP contribution in [-0.4, -0.2) is 9.55 Å². The van der Waals surface area contributed by atoms with Crippen LogP contribution < -0.4 is 5.69 Å². The monoisotopic (exact) mass is 250 g/mol. The van der Waals surface area contributed by atoms with Crippen molar-refractivity contribution >= 4 is 0 Å². The highest BCUT2D eigenvalue weighted by Crippen LogP contribution is 2.16. The third kappa shape index (κ3) is 2.36. The van der Waals surface area contributed by atoms with E-state index in [4.69, 9.17) is 0 Å². The quantitative estimate of drug-likeness (QED) is 0.762. The molecule has 0 aliphatic rings. The van der Waals surface area contributed by atoms with E-state index < -0.39 is 0 Å². The summed E-state index contributed by atoms with van der Waals surface area (Å²) in [4.78, 5) is 14.4. The van der Waals surface area contributed by atoms with Crippen molar-refractivity contribution in [3.63, 3.8) is 0 Å². The SMILES string of the molecule is O=c1[nH]ccn1-c1ccccc1Cc1ccccc1. The highest BCUT2D eigenvalue weighted by atomic mass is 16.1. The van der Waals surface area contributed by atoms with Crippen LogP contribution in [0.2, 0.25) is 0 Å². The number of aromatic amines is 1. The maximum Gasteiger partial charge on any atom is 0.330 e. The Balaban J connectivity index is 2.04. The molecule has 1 aromatic heterocycles. The molecule has 0 aliphatic heterocycles. The fourth-order valence-electron chi connectivity index (χ4n) is 2.22. The molecule has 3 nitrogen and oxygen atoms in total. The molecule has 0 radical (unpaired) electrons. The molecular weight excluding hydrogens is 236 g/mol. The summed E-state index contributed by atoms with van der Waals surface area (Å²) in [5.41, 5.74) is 3.19. The first kappa shape index (κ1) is 11.5. The molecule has 0 saturated carbocycles. The van der Waals surface area contributed by atoms with Crippen molar-refractivity contribution in [1.29, 1.82) is 0 Å². The smallest absolute Gasteiger partial charge is 0.312 e. The van der Waals surface area contributed by atoms with Crippen LogP contribution in [0.4, 0.5) is 0 Å². The number of H-pyrrole nitrogens is 1. The van der Waals surface area contributed by atoms with Crippen LogP contribution in [0.5, 0.6) is 0 Å². The Hall–Kier alpha value is -2.55. The van der Waals surface area contributed by atoms with E-state index in [0.29, 0.717) is 0 Å². The van der Waals surface area contributed by atoms with Gasteiger partial charge in [-0.25, -0.2) is 4.79 Å². The number of rotatable bonds is 3. The highest BCUT2D eigenvalue weighted by Gasteiger charge is 2.06. The second-order valence-electron chi connectivity index (χ2n) is 4.43. The van der Waals surface area contributed by atoms with Crippen LogP contribution >= 0.6 is 0 Å². The summed E-state index contributed by atoms with van der Waals surface area (Å²) in [5, 5.41) is 0. The molecule has 19 heavy (non-hydrogen) atoms. The van der Waals surface area contributed by atoms with Gasteiger partial charge in [0.25, 0.3) is 0 Å². The molecule has 3 rings (SSSR count). The van der Waals surface area contributed by atoms with Gasteiger partial charge < -0.3 is 4.98 Å². The lowest BCUT2D eigenvalue weighted by molar-refractivity contribution is 0.962. The Kier molecular flexibility index (Phi) is 3.02. The molecule has 1 N–H and O–H groups in total. The molecule has 0 aliphatic carbocycles. The Morgan fingerprint density at radius 3 is 2.42 bits per heavy atom. The Morgan fingerprint density at radius 2 is 1.68 bits per heavy atom. The van der Waals surface area contributed by atoms with E-state index >= 15 is 0 Å². The van der Waals surface area contributed by atoms with Crippen molar-refractivity contribution in [2.24, 2.45) is 0 Å². The summed E-state index contributed by atoms with van der Waals surface area (Å²) in [5.74, 6) is 0. The molecule has 3 heteroatoms. The number of nitrogens with zero attached hydrogens (tertiary/aromatic N) is 1. The van der Waals surface area contributed by atoms with Gasteiger partial charge in [-0.15, -0.1) is 0 Å². The first-order chi connectivity index (χ1) is 9.34. The summed E-state index contributed by atoms with van der Waals surface area (Å²) in [6, 6.07) is 18.2. The average Bonchev–Trinajstić information content (AvgIpc) is 2.87. The number of para-hydroxylation sites is 1. The predicted molar refractivity (Wildman–Crippen MR) is 75.6 cm³/mol. The second kappa shape index (κ2) is 4.98. The van der Waals surface area contributed by atoms with E-state index in [2.05, 4.69) is 23.2 Å². The van der Waals surface area contributed by atoms with Crippen LogP contribution in [0.25, 0.3) is 5.69 Å². The molecule has 0 unspecified atom stereocenters. The zero-order chi connectivity index (χ0) is 13.1. The van der Waals surface area contributed by atoms with Crippen LogP contribution in [0, 0.1) is 0 Å². The number of benzene rings is 2. The van der Waals surface area contributed by atoms with Gasteiger partial charge in [0.2, 0.25) is 0 Å². The van der Waals surface area contributed by atoms with Crippen molar-refractivity contribution in [1.82, 2.24) is 9.55 Å². The lowest BCUT2D eigenvalue weighted by Crippen LogP contribution is -2.15. The van der Waals surface area contributed by atoms with Gasteiger partial charge in [-0.2, -0.15) is 0 Å². The third-order valence-corrected chi connectivity index (χ3v) is 3.14. The van der Waals surface area contributed by atoms with Gasteiger partial charge in [-0.05, 0) is 23.6 Å². The van der Waals surface area contributed by atoms with Gasteiger partial charge in [0.15, 0.2) is 0 Å². The largest absolute Gasteiger partial charge is 0.330 e. The second-order valence-corrected chi connectivity index (χ2v) is 4.43. The number of hydrogen-bond donors (Lipinski definition) is 1. The van der Waals surface area contributed by atoms with E-state index in [0.717, 1.165) is 17.7 Å². The van der Waals surface area contributed by atoms with Gasteiger partial charge in [0.1, 0.15) is 0 Å². The fraction of sp³-hybridized carbons (Fsp3) is 0.0625. The Bertz CT molecular complexity index is 726. The summed E-state index contributed by atoms with van der Waals surface area (Å²) in [6.07, 6.45) is 4.22. The minimum absolute atomic E-state index is 0.111. The zero-order valence-electron chi connectivity index (χ0n) is 10.4. The van der Waals surface area contributed by atoms with Gasteiger partial charge >= 0.3 is 5.69 Å². The normalized spacial score (nSPS) is 10.5. The van der Waals surface area contributed by atoms with Crippen molar-refractivity contribution in [3.8, 4) is 5.69 Å². The van der Waals surface area contributed by atoms with Gasteiger partial charge in [0, 0.05) is 12.4 Å². The van der Waals surface area contributed by atoms with Crippen molar-refractivity contribution in [2.75, 3.05) is 0 Å². The van der Waals surface area contributed by atoms with Crippen molar-refractivity contribution < 1.29 is 0 Å². The number of hydrogen-bond acceptors (Lipinski definition) is 1. The first-order valence-electron chi connectivity index (χ1n) is 6.23. The topological polar surface area (TPSA) is 37.8 Å². The first-order valence-corrected chi connectivity index (χ1v) is 6.23. The third-order valence-electron chi connectivity index (χ3n) is 3.14. The molecule has 94 valence electrons. The molecule has 1 heterocycles. The van der Waals surface area contributed by atoms with Crippen LogP contribution in [0.15, 0.2) is 71.8 Å². The van der Waals surface area contributed by atoms with E-state index in [-0.39, 0.29) is 5.69 Å². The van der Waals surface area contributed by atoms with E-state index in [1.54, 1.807) is 17.0 Å². The van der Waals surface area contributed by atoms with Gasteiger partial charge in [0.05, 0.1) is 5.69 Å². The lowest BCUT2D eigenvalue weighted by atomic mass is 10.0. The maximum absolute atomic E-state index is 11.7. The molecule has 0 fully saturated rings. The summed E-state index contributed by atoms with van der Waals surface area (Å²) >= 11 is 0. The molecule has 0 amide bonds. The maximum atomic E-state index is 11.7. The molecule has 3 aromatic rings. The van der Waals surface area contributed by atoms with Crippen LogP contribution in [0.1, 0.15) is 11.1 Å². The highest BCUT2D eigenvalue weighted by molar-refractivity contribution is 5.43. The standard InChI is InChI=1S/C16H14N2O/c19-16-17-10-11-18(16)15-9-5-4-8-14(15)12-13-6-2-1-3-7-13/h1-11H,12H2,(H,17,19). The van der Waals surface area contributed by atoms with Gasteiger partial charge in [-0.1, -0.05) is 48.5 Å².